The molecule has 3 aromatic rings. The van der Waals surface area contributed by atoms with Gasteiger partial charge < -0.3 is 10.6 Å². The van der Waals surface area contributed by atoms with E-state index in [1.807, 2.05) is 6.07 Å². The van der Waals surface area contributed by atoms with E-state index in [2.05, 4.69) is 56.9 Å². The number of hydrogen-bond acceptors (Lipinski definition) is 7. The summed E-state index contributed by atoms with van der Waals surface area (Å²) >= 11 is 0. The minimum atomic E-state index is 0.403. The first-order chi connectivity index (χ1) is 12.2. The largest absolute Gasteiger partial charge is 0.364 e. The van der Waals surface area contributed by atoms with Gasteiger partial charge in [-0.15, -0.1) is 0 Å². The van der Waals surface area contributed by atoms with Crippen molar-refractivity contribution in [2.24, 2.45) is 0 Å². The van der Waals surface area contributed by atoms with Crippen LogP contribution >= 0.6 is 0 Å². The van der Waals surface area contributed by atoms with Gasteiger partial charge in [0.1, 0.15) is 0 Å². The van der Waals surface area contributed by atoms with Gasteiger partial charge in [-0.2, -0.15) is 0 Å². The quantitative estimate of drug-likeness (QED) is 0.739. The highest BCUT2D eigenvalue weighted by Crippen LogP contribution is 2.28. The van der Waals surface area contributed by atoms with E-state index in [4.69, 9.17) is 4.63 Å². The van der Waals surface area contributed by atoms with E-state index in [1.54, 1.807) is 0 Å². The third kappa shape index (κ3) is 3.40. The lowest BCUT2D eigenvalue weighted by atomic mass is 9.95. The Morgan fingerprint density at radius 2 is 1.64 bits per heavy atom. The second-order valence-electron chi connectivity index (χ2n) is 6.74. The number of fused-ring (bicyclic) bond motifs is 1. The van der Waals surface area contributed by atoms with Gasteiger partial charge in [0.05, 0.1) is 0 Å². The van der Waals surface area contributed by atoms with Crippen molar-refractivity contribution in [3.63, 3.8) is 0 Å². The van der Waals surface area contributed by atoms with Crippen molar-refractivity contribution in [3.8, 4) is 0 Å². The Balaban J connectivity index is 1.67. The molecular weight excluding hydrogens is 316 g/mol. The van der Waals surface area contributed by atoms with E-state index < -0.39 is 0 Å². The number of anilines is 3. The van der Waals surface area contributed by atoms with Gasteiger partial charge in [0.25, 0.3) is 0 Å². The molecule has 1 aliphatic carbocycles. The fraction of sp³-hybridized carbons (Fsp3) is 0.444. The van der Waals surface area contributed by atoms with Crippen LogP contribution in [0.2, 0.25) is 0 Å². The van der Waals surface area contributed by atoms with Crippen LogP contribution in [0.15, 0.2) is 22.8 Å². The second kappa shape index (κ2) is 6.66. The summed E-state index contributed by atoms with van der Waals surface area (Å²) in [5.74, 6) is 1.35. The molecule has 0 amide bonds. The normalized spacial score (nSPS) is 15.4. The van der Waals surface area contributed by atoms with Gasteiger partial charge in [-0.3, -0.25) is 0 Å². The van der Waals surface area contributed by atoms with Gasteiger partial charge in [0, 0.05) is 11.7 Å². The van der Waals surface area contributed by atoms with Crippen LogP contribution in [0.5, 0.6) is 0 Å². The van der Waals surface area contributed by atoms with Crippen molar-refractivity contribution in [2.75, 3.05) is 10.6 Å². The van der Waals surface area contributed by atoms with E-state index in [-0.39, 0.29) is 0 Å². The van der Waals surface area contributed by atoms with Crippen molar-refractivity contribution in [2.45, 2.75) is 52.0 Å². The molecule has 7 nitrogen and oxygen atoms in total. The van der Waals surface area contributed by atoms with Crippen LogP contribution in [0.3, 0.4) is 0 Å². The van der Waals surface area contributed by atoms with Crippen LogP contribution in [0, 0.1) is 13.8 Å². The molecule has 0 atom stereocenters. The van der Waals surface area contributed by atoms with Crippen molar-refractivity contribution in [1.82, 2.24) is 20.3 Å². The molecule has 1 saturated carbocycles. The first-order valence-corrected chi connectivity index (χ1v) is 8.80. The summed E-state index contributed by atoms with van der Waals surface area (Å²) in [5.41, 5.74) is 4.28. The van der Waals surface area contributed by atoms with Gasteiger partial charge in [-0.1, -0.05) is 25.3 Å². The van der Waals surface area contributed by atoms with E-state index in [0.717, 1.165) is 18.5 Å². The average molecular weight is 338 g/mol. The summed E-state index contributed by atoms with van der Waals surface area (Å²) in [6, 6.07) is 6.66. The van der Waals surface area contributed by atoms with Crippen molar-refractivity contribution in [1.29, 1.82) is 0 Å². The molecule has 130 valence electrons. The maximum absolute atomic E-state index is 4.77. The van der Waals surface area contributed by atoms with Crippen LogP contribution < -0.4 is 10.6 Å². The molecule has 0 radical (unpaired) electrons. The zero-order chi connectivity index (χ0) is 17.2. The minimum absolute atomic E-state index is 0.403. The number of rotatable bonds is 4. The first kappa shape index (κ1) is 15.8. The molecule has 4 rings (SSSR count). The SMILES string of the molecule is Cc1ccc(Nc2nc3nonc3nc2NC2CCCCC2)cc1C. The summed E-state index contributed by atoms with van der Waals surface area (Å²) in [6.07, 6.45) is 6.11. The lowest BCUT2D eigenvalue weighted by molar-refractivity contribution is 0.314. The van der Waals surface area contributed by atoms with Gasteiger partial charge in [0.2, 0.25) is 11.3 Å². The Morgan fingerprint density at radius 1 is 0.920 bits per heavy atom. The van der Waals surface area contributed by atoms with Crippen molar-refractivity contribution >= 4 is 28.6 Å². The zero-order valence-electron chi connectivity index (χ0n) is 14.5. The minimum Gasteiger partial charge on any atom is -0.364 e. The summed E-state index contributed by atoms with van der Waals surface area (Å²) < 4.78 is 4.77. The lowest BCUT2D eigenvalue weighted by Gasteiger charge is -2.24. The standard InChI is InChI=1S/C18H22N6O/c1-11-8-9-14(10-12(11)2)20-16-15(19-13-6-4-3-5-7-13)21-17-18(22-16)24-25-23-17/h8-10,13H,3-7H2,1-2H3,(H,19,21,23)(H,20,22,24). The topological polar surface area (TPSA) is 88.8 Å². The highest BCUT2D eigenvalue weighted by Gasteiger charge is 2.18. The summed E-state index contributed by atoms with van der Waals surface area (Å²) in [6.45, 7) is 4.19. The van der Waals surface area contributed by atoms with Crippen LogP contribution in [0.1, 0.15) is 43.2 Å². The van der Waals surface area contributed by atoms with Crippen LogP contribution in [0.4, 0.5) is 17.3 Å². The van der Waals surface area contributed by atoms with E-state index >= 15 is 0 Å². The molecule has 7 heteroatoms. The number of benzene rings is 1. The number of nitrogens with one attached hydrogen (secondary N) is 2. The Labute approximate surface area is 146 Å². The molecule has 25 heavy (non-hydrogen) atoms. The molecule has 2 heterocycles. The lowest BCUT2D eigenvalue weighted by Crippen LogP contribution is -2.23. The third-order valence-electron chi connectivity index (χ3n) is 4.83. The third-order valence-corrected chi connectivity index (χ3v) is 4.83. The number of nitrogens with zero attached hydrogens (tertiary/aromatic N) is 4. The molecule has 1 aromatic carbocycles. The molecule has 2 N–H and O–H groups in total. The Hall–Kier alpha value is -2.70. The summed E-state index contributed by atoms with van der Waals surface area (Å²) in [5, 5.41) is 14.5. The highest BCUT2D eigenvalue weighted by molar-refractivity contribution is 5.76. The zero-order valence-corrected chi connectivity index (χ0v) is 14.5. The monoisotopic (exact) mass is 338 g/mol. The molecule has 1 fully saturated rings. The van der Waals surface area contributed by atoms with Gasteiger partial charge >= 0.3 is 0 Å². The maximum atomic E-state index is 4.77. The fourth-order valence-electron chi connectivity index (χ4n) is 3.22. The molecule has 0 unspecified atom stereocenters. The van der Waals surface area contributed by atoms with E-state index in [0.29, 0.717) is 29.0 Å². The molecule has 0 aliphatic heterocycles. The Bertz CT molecular complexity index is 884. The average Bonchev–Trinajstić information content (AvgIpc) is 3.06. The van der Waals surface area contributed by atoms with Gasteiger partial charge in [-0.05, 0) is 60.3 Å². The number of aromatic nitrogens is 4. The maximum Gasteiger partial charge on any atom is 0.245 e. The number of hydrogen-bond donors (Lipinski definition) is 2. The van der Waals surface area contributed by atoms with Crippen LogP contribution in [-0.4, -0.2) is 26.3 Å². The molecule has 0 bridgehead atoms. The smallest absolute Gasteiger partial charge is 0.245 e. The van der Waals surface area contributed by atoms with Crippen LogP contribution in [0.25, 0.3) is 11.3 Å². The number of aryl methyl sites for hydroxylation is 2. The first-order valence-electron chi connectivity index (χ1n) is 8.80. The van der Waals surface area contributed by atoms with Crippen molar-refractivity contribution in [3.05, 3.63) is 29.3 Å². The Kier molecular flexibility index (Phi) is 4.21. The van der Waals surface area contributed by atoms with Crippen LogP contribution in [-0.2, 0) is 0 Å². The predicted molar refractivity (Wildman–Crippen MR) is 97.1 cm³/mol. The van der Waals surface area contributed by atoms with E-state index in [1.165, 1.54) is 30.4 Å². The molecule has 0 saturated heterocycles. The molecular formula is C18H22N6O. The molecule has 1 aliphatic rings. The van der Waals surface area contributed by atoms with Crippen molar-refractivity contribution < 1.29 is 4.63 Å². The van der Waals surface area contributed by atoms with Gasteiger partial charge in [0.15, 0.2) is 11.6 Å². The van der Waals surface area contributed by atoms with E-state index in [9.17, 15) is 0 Å². The second-order valence-corrected chi connectivity index (χ2v) is 6.74. The van der Waals surface area contributed by atoms with Gasteiger partial charge in [-0.25, -0.2) is 14.6 Å². The summed E-state index contributed by atoms with van der Waals surface area (Å²) in [7, 11) is 0. The molecule has 2 aromatic heterocycles. The highest BCUT2D eigenvalue weighted by atomic mass is 16.6. The fourth-order valence-corrected chi connectivity index (χ4v) is 3.22. The molecule has 0 spiro atoms. The predicted octanol–water partition coefficient (Wildman–Crippen LogP) is 4.12. The Morgan fingerprint density at radius 3 is 2.36 bits per heavy atom. The summed E-state index contributed by atoms with van der Waals surface area (Å²) in [4.78, 5) is 9.11.